The van der Waals surface area contributed by atoms with Crippen molar-refractivity contribution >= 4 is 31.5 Å². The Morgan fingerprint density at radius 3 is 1.50 bits per heavy atom. The van der Waals surface area contributed by atoms with Crippen LogP contribution >= 0.6 is 11.3 Å². The Morgan fingerprint density at radius 2 is 0.806 bits per heavy atom. The van der Waals surface area contributed by atoms with Crippen LogP contribution in [-0.2, 0) is 5.41 Å². The minimum absolute atomic E-state index is 0.428. The van der Waals surface area contributed by atoms with Crippen LogP contribution in [0.2, 0.25) is 0 Å². The van der Waals surface area contributed by atoms with E-state index in [1.807, 2.05) is 29.5 Å². The highest BCUT2D eigenvalue weighted by molar-refractivity contribution is 7.25. The lowest BCUT2D eigenvalue weighted by molar-refractivity contribution is 0.768. The smallest absolute Gasteiger partial charge is 0.160 e. The summed E-state index contributed by atoms with van der Waals surface area (Å²) in [6.07, 6.45) is 0. The van der Waals surface area contributed by atoms with Gasteiger partial charge >= 0.3 is 0 Å². The van der Waals surface area contributed by atoms with Crippen molar-refractivity contribution in [1.82, 2.24) is 9.97 Å². The third-order valence-electron chi connectivity index (χ3n) is 12.6. The lowest BCUT2D eigenvalue weighted by Crippen LogP contribution is -2.28. The molecule has 1 aliphatic rings. The van der Waals surface area contributed by atoms with E-state index in [2.05, 4.69) is 212 Å². The number of aromatic nitrogens is 2. The highest BCUT2D eigenvalue weighted by Crippen LogP contribution is 2.56. The van der Waals surface area contributed by atoms with Gasteiger partial charge in [0.1, 0.15) is 0 Å². The Hall–Kier alpha value is -7.72. The predicted octanol–water partition coefficient (Wildman–Crippen LogP) is 15.5. The van der Waals surface area contributed by atoms with Gasteiger partial charge in [-0.05, 0) is 92.0 Å². The fourth-order valence-electron chi connectivity index (χ4n) is 9.71. The van der Waals surface area contributed by atoms with Crippen molar-refractivity contribution < 1.29 is 0 Å². The molecule has 2 nitrogen and oxygen atoms in total. The highest BCUT2D eigenvalue weighted by Gasteiger charge is 2.45. The fraction of sp³-hybridized carbons (Fsp3) is 0.0169. The third-order valence-corrected chi connectivity index (χ3v) is 13.7. The third kappa shape index (κ3) is 5.93. The van der Waals surface area contributed by atoms with E-state index in [0.717, 1.165) is 44.8 Å². The zero-order chi connectivity index (χ0) is 41.0. The molecule has 2 aromatic heterocycles. The molecule has 62 heavy (non-hydrogen) atoms. The Labute approximate surface area is 365 Å². The molecule has 1 aliphatic carbocycles. The number of benzene rings is 9. The van der Waals surface area contributed by atoms with E-state index < -0.39 is 5.41 Å². The van der Waals surface area contributed by atoms with Crippen molar-refractivity contribution in [3.63, 3.8) is 0 Å². The van der Waals surface area contributed by atoms with Gasteiger partial charge in [0, 0.05) is 36.9 Å². The van der Waals surface area contributed by atoms with Crippen molar-refractivity contribution in [3.05, 3.63) is 253 Å². The lowest BCUT2D eigenvalue weighted by Gasteiger charge is -2.33. The minimum Gasteiger partial charge on any atom is -0.228 e. The molecule has 3 heteroatoms. The topological polar surface area (TPSA) is 25.8 Å². The monoisotopic (exact) mass is 806 g/mol. The molecule has 0 atom stereocenters. The maximum atomic E-state index is 5.23. The fourth-order valence-corrected chi connectivity index (χ4v) is 10.9. The first-order valence-electron chi connectivity index (χ1n) is 21.1. The molecule has 0 unspecified atom stereocenters. The van der Waals surface area contributed by atoms with Crippen LogP contribution in [0, 0.1) is 0 Å². The molecule has 0 amide bonds. The number of fused-ring (bicyclic) bond motifs is 6. The van der Waals surface area contributed by atoms with Gasteiger partial charge in [-0.1, -0.05) is 194 Å². The number of hydrogen-bond donors (Lipinski definition) is 0. The van der Waals surface area contributed by atoms with Crippen LogP contribution in [-0.4, -0.2) is 9.97 Å². The lowest BCUT2D eigenvalue weighted by atomic mass is 9.67. The molecule has 11 aromatic rings. The molecular weight excluding hydrogens is 769 g/mol. The van der Waals surface area contributed by atoms with Crippen LogP contribution in [0.25, 0.3) is 87.5 Å². The Kier molecular flexibility index (Phi) is 8.62. The molecule has 9 aromatic carbocycles. The number of hydrogen-bond acceptors (Lipinski definition) is 3. The summed E-state index contributed by atoms with van der Waals surface area (Å²) in [5, 5.41) is 2.62. The second kappa shape index (κ2) is 14.8. The Balaban J connectivity index is 0.964. The van der Waals surface area contributed by atoms with Crippen molar-refractivity contribution in [2.45, 2.75) is 5.41 Å². The summed E-state index contributed by atoms with van der Waals surface area (Å²) in [6, 6.07) is 83.5. The predicted molar refractivity (Wildman–Crippen MR) is 259 cm³/mol. The molecule has 0 aliphatic heterocycles. The molecule has 0 fully saturated rings. The molecule has 2 heterocycles. The summed E-state index contributed by atoms with van der Waals surface area (Å²) in [5.41, 5.74) is 16.7. The SMILES string of the molecule is c1ccc(-c2nc(-c3cccc(-c4ccc5c(c4)-c4ccccc4C5(c4ccccc4)c4ccccc4)c3)cc(-c3cccc(-c4ccc5c(c4)sc4ccccc45)c3)n2)cc1. The van der Waals surface area contributed by atoms with E-state index >= 15 is 0 Å². The number of nitrogens with zero attached hydrogens (tertiary/aromatic N) is 2. The van der Waals surface area contributed by atoms with E-state index in [0.29, 0.717) is 5.82 Å². The summed E-state index contributed by atoms with van der Waals surface area (Å²) in [5.74, 6) is 0.702. The van der Waals surface area contributed by atoms with Gasteiger partial charge in [0.2, 0.25) is 0 Å². The quantitative estimate of drug-likeness (QED) is 0.160. The largest absolute Gasteiger partial charge is 0.228 e. The first kappa shape index (κ1) is 36.2. The van der Waals surface area contributed by atoms with Crippen LogP contribution in [0.5, 0.6) is 0 Å². The molecule has 0 radical (unpaired) electrons. The maximum absolute atomic E-state index is 5.23. The van der Waals surface area contributed by atoms with Gasteiger partial charge in [0.25, 0.3) is 0 Å². The van der Waals surface area contributed by atoms with E-state index in [1.54, 1.807) is 0 Å². The van der Waals surface area contributed by atoms with E-state index in [-0.39, 0.29) is 0 Å². The minimum atomic E-state index is -0.428. The normalized spacial score (nSPS) is 12.6. The average molecular weight is 807 g/mol. The zero-order valence-corrected chi connectivity index (χ0v) is 34.6. The zero-order valence-electron chi connectivity index (χ0n) is 33.7. The van der Waals surface area contributed by atoms with Gasteiger partial charge in [0.15, 0.2) is 5.82 Å². The molecule has 0 bridgehead atoms. The van der Waals surface area contributed by atoms with Crippen molar-refractivity contribution in [1.29, 1.82) is 0 Å². The number of thiophene rings is 1. The summed E-state index contributed by atoms with van der Waals surface area (Å²) in [7, 11) is 0. The van der Waals surface area contributed by atoms with Crippen LogP contribution in [0.3, 0.4) is 0 Å². The Bertz CT molecular complexity index is 3420. The van der Waals surface area contributed by atoms with Crippen LogP contribution in [0.1, 0.15) is 22.3 Å². The van der Waals surface area contributed by atoms with Gasteiger partial charge in [-0.25, -0.2) is 9.97 Å². The second-order valence-corrected chi connectivity index (χ2v) is 17.2. The molecule has 0 saturated heterocycles. The highest BCUT2D eigenvalue weighted by atomic mass is 32.1. The van der Waals surface area contributed by atoms with Gasteiger partial charge in [-0.15, -0.1) is 11.3 Å². The molecule has 290 valence electrons. The molecule has 0 saturated carbocycles. The number of rotatable bonds is 7. The molecule has 0 spiro atoms. The van der Waals surface area contributed by atoms with E-state index in [1.165, 1.54) is 59.1 Å². The van der Waals surface area contributed by atoms with Gasteiger partial charge in [-0.3, -0.25) is 0 Å². The van der Waals surface area contributed by atoms with Crippen LogP contribution in [0.15, 0.2) is 231 Å². The van der Waals surface area contributed by atoms with Crippen molar-refractivity contribution in [3.8, 4) is 67.3 Å². The van der Waals surface area contributed by atoms with Crippen molar-refractivity contribution in [2.75, 3.05) is 0 Å². The summed E-state index contributed by atoms with van der Waals surface area (Å²) in [4.78, 5) is 10.4. The second-order valence-electron chi connectivity index (χ2n) is 16.1. The summed E-state index contributed by atoms with van der Waals surface area (Å²) >= 11 is 1.85. The van der Waals surface area contributed by atoms with Crippen LogP contribution in [0.4, 0.5) is 0 Å². The standard InChI is InChI=1S/C59H38N2S/c1-4-16-39(17-5-1)58-60-54(38-55(61-58)45-21-15-19-41(35-45)43-30-32-50-49-27-11-13-29-56(49)62-57(50)37-43)44-20-14-18-40(34-44)42-31-33-53-51(36-42)48-26-10-12-28-52(48)59(53,46-22-6-2-7-23-46)47-24-8-3-9-25-47/h1-38H. The summed E-state index contributed by atoms with van der Waals surface area (Å²) in [6.45, 7) is 0. The van der Waals surface area contributed by atoms with E-state index in [9.17, 15) is 0 Å². The Morgan fingerprint density at radius 1 is 0.306 bits per heavy atom. The van der Waals surface area contributed by atoms with Crippen molar-refractivity contribution in [2.24, 2.45) is 0 Å². The van der Waals surface area contributed by atoms with Gasteiger partial charge in [0.05, 0.1) is 16.8 Å². The molecule has 12 rings (SSSR count). The van der Waals surface area contributed by atoms with Gasteiger partial charge in [-0.2, -0.15) is 0 Å². The first-order chi connectivity index (χ1) is 30.7. The molecular formula is C59H38N2S. The van der Waals surface area contributed by atoms with Gasteiger partial charge < -0.3 is 0 Å². The summed E-state index contributed by atoms with van der Waals surface area (Å²) < 4.78 is 2.61. The van der Waals surface area contributed by atoms with Crippen LogP contribution < -0.4 is 0 Å². The molecule has 0 N–H and O–H groups in total. The maximum Gasteiger partial charge on any atom is 0.160 e. The first-order valence-corrected chi connectivity index (χ1v) is 22.0. The average Bonchev–Trinajstić information content (AvgIpc) is 3.88. The van der Waals surface area contributed by atoms with E-state index in [4.69, 9.17) is 9.97 Å².